The quantitative estimate of drug-likeness (QED) is 0.0200. The zero-order valence-electron chi connectivity index (χ0n) is 45.4. The van der Waals surface area contributed by atoms with E-state index in [1.54, 1.807) is 51.1 Å². The van der Waals surface area contributed by atoms with Crippen LogP contribution >= 0.6 is 0 Å². The van der Waals surface area contributed by atoms with E-state index in [9.17, 15) is 58.2 Å². The lowest BCUT2D eigenvalue weighted by Gasteiger charge is -2.32. The lowest BCUT2D eigenvalue weighted by molar-refractivity contribution is -0.143. The second kappa shape index (κ2) is 31.3. The number of primary amides is 1. The lowest BCUT2D eigenvalue weighted by Crippen LogP contribution is -2.61. The molecule has 2 fully saturated rings. The van der Waals surface area contributed by atoms with Crippen molar-refractivity contribution >= 4 is 65.0 Å². The number of nitrogens with two attached hydrogens (primary N) is 4. The van der Waals surface area contributed by atoms with Gasteiger partial charge in [-0.1, -0.05) is 78.3 Å². The summed E-state index contributed by atoms with van der Waals surface area (Å²) >= 11 is 0. The Kier molecular flexibility index (Phi) is 26.2. The predicted octanol–water partition coefficient (Wildman–Crippen LogP) is -3.78. The molecule has 2 aliphatic heterocycles. The molecule has 26 nitrogen and oxygen atoms in total. The molecule has 3 rings (SSSR count). The van der Waals surface area contributed by atoms with Gasteiger partial charge < -0.3 is 80.2 Å². The van der Waals surface area contributed by atoms with Gasteiger partial charge in [-0.3, -0.25) is 52.9 Å². The van der Waals surface area contributed by atoms with E-state index in [1.807, 2.05) is 20.8 Å². The van der Waals surface area contributed by atoms with Crippen LogP contribution in [0.2, 0.25) is 0 Å². The Labute approximate surface area is 450 Å². The van der Waals surface area contributed by atoms with Gasteiger partial charge in [0, 0.05) is 26.1 Å². The number of benzene rings is 1. The molecule has 2 aliphatic rings. The summed E-state index contributed by atoms with van der Waals surface area (Å²) < 4.78 is 0. The van der Waals surface area contributed by atoms with Crippen molar-refractivity contribution in [3.05, 3.63) is 35.9 Å². The Morgan fingerprint density at radius 3 is 1.69 bits per heavy atom. The average molecular weight is 1090 g/mol. The summed E-state index contributed by atoms with van der Waals surface area (Å²) in [4.78, 5) is 142. The van der Waals surface area contributed by atoms with Crippen LogP contribution in [0.3, 0.4) is 0 Å². The Hall–Kier alpha value is -6.93. The van der Waals surface area contributed by atoms with Crippen LogP contribution in [0.25, 0.3) is 0 Å². The van der Waals surface area contributed by atoms with Gasteiger partial charge in [0.05, 0.1) is 13.2 Å². The topological polar surface area (TPSA) is 418 Å². The van der Waals surface area contributed by atoms with Gasteiger partial charge in [0.25, 0.3) is 0 Å². The number of amides is 10. The lowest BCUT2D eigenvalue weighted by atomic mass is 9.96. The number of carbonyl (C=O) groups excluding carboxylic acids is 10. The molecule has 0 aromatic heterocycles. The standard InChI is InChI=1S/C51H84N14O12/c1-8-29(6)40(48(75)58-33(17-12-20-56-51(54)55)43(70)59-34(41(53)68)24-31-15-10-9-11-16-31)63-44(71)35(23-27(2)3)60-46(73)38-19-14-22-65(38)50(77)39(28(4)5)62-42(69)30(7)57-45(72)36(26-67)61-47(74)37-18-13-21-64(37)49(76)32(52)25-66/h9-11,15-16,27-30,32-40,66-67H,8,12-14,17-26,52H2,1-7H3,(H2,53,68)(H,57,72)(H,58,75)(H,59,70)(H,60,73)(H,61,74)(H,62,69)(H,63,71)(H4,54,55,56)/t29-,30-,32-,33-,34-,35-,36-,37-,38-,39-,40-/m0/s1. The van der Waals surface area contributed by atoms with E-state index in [4.69, 9.17) is 22.9 Å². The number of nitrogens with zero attached hydrogens (tertiary/aromatic N) is 3. The van der Waals surface area contributed by atoms with Crippen LogP contribution in [0.1, 0.15) is 105 Å². The highest BCUT2D eigenvalue weighted by molar-refractivity contribution is 5.99. The second-order valence-electron chi connectivity index (χ2n) is 20.6. The zero-order chi connectivity index (χ0) is 57.7. The molecule has 0 saturated carbocycles. The number of guanidine groups is 1. The van der Waals surface area contributed by atoms with E-state index in [1.165, 1.54) is 16.7 Å². The third-order valence-electron chi connectivity index (χ3n) is 13.6. The number of likely N-dealkylation sites (tertiary alicyclic amines) is 2. The zero-order valence-corrected chi connectivity index (χ0v) is 45.4. The van der Waals surface area contributed by atoms with Crippen LogP contribution in [0, 0.1) is 17.8 Å². The molecule has 1 aromatic carbocycles. The number of carbonyl (C=O) groups is 10. The number of hydrogen-bond acceptors (Lipinski definition) is 14. The van der Waals surface area contributed by atoms with E-state index < -0.39 is 145 Å². The first kappa shape index (κ1) is 64.4. The summed E-state index contributed by atoms with van der Waals surface area (Å²) in [5.74, 6) is -8.58. The summed E-state index contributed by atoms with van der Waals surface area (Å²) in [5, 5.41) is 37.9. The molecular formula is C51H84N14O12. The Morgan fingerprint density at radius 2 is 1.17 bits per heavy atom. The maximum atomic E-state index is 14.3. The van der Waals surface area contributed by atoms with Gasteiger partial charge in [0.1, 0.15) is 60.4 Å². The fourth-order valence-electron chi connectivity index (χ4n) is 9.01. The second-order valence-corrected chi connectivity index (χ2v) is 20.6. The molecule has 26 heteroatoms. The molecule has 11 atom stereocenters. The van der Waals surface area contributed by atoms with Crippen molar-refractivity contribution in [2.24, 2.45) is 45.7 Å². The molecule has 0 bridgehead atoms. The normalized spacial score (nSPS) is 18.8. The molecule has 0 spiro atoms. The molecule has 2 heterocycles. The summed E-state index contributed by atoms with van der Waals surface area (Å²) in [6.45, 7) is 10.9. The molecule has 0 aliphatic carbocycles. The highest BCUT2D eigenvalue weighted by atomic mass is 16.3. The number of aliphatic hydroxyl groups is 2. The van der Waals surface area contributed by atoms with E-state index in [0.717, 1.165) is 5.56 Å². The first-order valence-electron chi connectivity index (χ1n) is 26.4. The number of aliphatic hydroxyl groups excluding tert-OH is 2. The summed E-state index contributed by atoms with van der Waals surface area (Å²) in [7, 11) is 0. The number of aliphatic imine (C=N–C) groups is 1. The Balaban J connectivity index is 1.74. The van der Waals surface area contributed by atoms with Gasteiger partial charge in [-0.05, 0) is 75.2 Å². The van der Waals surface area contributed by atoms with Crippen LogP contribution in [-0.4, -0.2) is 178 Å². The van der Waals surface area contributed by atoms with Crippen LogP contribution in [0.15, 0.2) is 35.3 Å². The molecular weight excluding hydrogens is 1000 g/mol. The van der Waals surface area contributed by atoms with Crippen molar-refractivity contribution < 1.29 is 58.2 Å². The van der Waals surface area contributed by atoms with Crippen LogP contribution < -0.4 is 60.2 Å². The molecule has 2 saturated heterocycles. The maximum Gasteiger partial charge on any atom is 0.246 e. The van der Waals surface area contributed by atoms with E-state index in [2.05, 4.69) is 42.2 Å². The third kappa shape index (κ3) is 19.5. The molecule has 10 amide bonds. The minimum atomic E-state index is -1.52. The van der Waals surface area contributed by atoms with Gasteiger partial charge in [0.15, 0.2) is 5.96 Å². The van der Waals surface area contributed by atoms with Gasteiger partial charge in [-0.2, -0.15) is 0 Å². The van der Waals surface area contributed by atoms with Crippen molar-refractivity contribution in [1.82, 2.24) is 47.0 Å². The number of hydrogen-bond donors (Lipinski definition) is 13. The minimum absolute atomic E-state index is 0.0356. The molecule has 0 radical (unpaired) electrons. The summed E-state index contributed by atoms with van der Waals surface area (Å²) in [5.41, 5.74) is 23.1. The Bertz CT molecular complexity index is 2230. The minimum Gasteiger partial charge on any atom is -0.394 e. The van der Waals surface area contributed by atoms with E-state index >= 15 is 0 Å². The van der Waals surface area contributed by atoms with Crippen LogP contribution in [0.5, 0.6) is 0 Å². The highest BCUT2D eigenvalue weighted by Crippen LogP contribution is 2.22. The molecule has 77 heavy (non-hydrogen) atoms. The fourth-order valence-corrected chi connectivity index (χ4v) is 9.01. The van der Waals surface area contributed by atoms with Crippen molar-refractivity contribution in [3.63, 3.8) is 0 Å². The van der Waals surface area contributed by atoms with Gasteiger partial charge in [-0.25, -0.2) is 0 Å². The first-order chi connectivity index (χ1) is 36.3. The third-order valence-corrected chi connectivity index (χ3v) is 13.6. The molecule has 430 valence electrons. The molecule has 17 N–H and O–H groups in total. The monoisotopic (exact) mass is 1080 g/mol. The van der Waals surface area contributed by atoms with Crippen LogP contribution in [0.4, 0.5) is 0 Å². The van der Waals surface area contributed by atoms with Gasteiger partial charge in [0.2, 0.25) is 59.1 Å². The van der Waals surface area contributed by atoms with Crippen molar-refractivity contribution in [2.75, 3.05) is 32.8 Å². The largest absolute Gasteiger partial charge is 0.394 e. The number of rotatable bonds is 30. The average Bonchev–Trinajstić information content (AvgIpc) is 4.10. The van der Waals surface area contributed by atoms with Crippen LogP contribution in [-0.2, 0) is 54.4 Å². The summed E-state index contributed by atoms with van der Waals surface area (Å²) in [6.07, 6.45) is 2.25. The highest BCUT2D eigenvalue weighted by Gasteiger charge is 2.42. The van der Waals surface area contributed by atoms with Crippen molar-refractivity contribution in [3.8, 4) is 0 Å². The van der Waals surface area contributed by atoms with Crippen molar-refractivity contribution in [2.45, 2.75) is 167 Å². The smallest absolute Gasteiger partial charge is 0.246 e. The fraction of sp³-hybridized carbons (Fsp3) is 0.667. The first-order valence-corrected chi connectivity index (χ1v) is 26.4. The summed E-state index contributed by atoms with van der Waals surface area (Å²) in [6, 6.07) is -3.14. The molecule has 0 unspecified atom stereocenters. The maximum absolute atomic E-state index is 14.3. The Morgan fingerprint density at radius 1 is 0.636 bits per heavy atom. The van der Waals surface area contributed by atoms with E-state index in [0.29, 0.717) is 19.3 Å². The van der Waals surface area contributed by atoms with Crippen molar-refractivity contribution in [1.29, 1.82) is 0 Å². The van der Waals surface area contributed by atoms with E-state index in [-0.39, 0.29) is 70.0 Å². The molecule has 1 aromatic rings. The van der Waals surface area contributed by atoms with Gasteiger partial charge in [-0.15, -0.1) is 0 Å². The predicted molar refractivity (Wildman–Crippen MR) is 284 cm³/mol. The SMILES string of the molecule is CC[C@H](C)[C@H](NC(=O)[C@H](CC(C)C)NC(=O)[C@@H]1CCCN1C(=O)[C@@H](NC(=O)[C@H](C)NC(=O)[C@H](CO)NC(=O)[C@@H]1CCCN1C(=O)[C@@H](N)CO)C(C)C)C(=O)N[C@@H](CCCN=C(N)N)C(=O)N[C@@H](Cc1ccccc1)C(N)=O. The van der Waals surface area contributed by atoms with Gasteiger partial charge >= 0.3 is 0 Å². The number of nitrogens with one attached hydrogen (secondary N) is 7.